The topological polar surface area (TPSA) is 70.1 Å². The first-order valence-corrected chi connectivity index (χ1v) is 10.7. The molecule has 0 saturated carbocycles. The number of amides is 2. The Kier molecular flexibility index (Phi) is 6.03. The second-order valence-electron chi connectivity index (χ2n) is 7.94. The van der Waals surface area contributed by atoms with Gasteiger partial charge in [-0.25, -0.2) is 4.90 Å². The van der Waals surface area contributed by atoms with Crippen molar-refractivity contribution in [3.63, 3.8) is 0 Å². The van der Waals surface area contributed by atoms with E-state index in [0.717, 1.165) is 18.4 Å². The molecule has 1 atom stereocenters. The Morgan fingerprint density at radius 1 is 1.16 bits per heavy atom. The summed E-state index contributed by atoms with van der Waals surface area (Å²) in [6.07, 6.45) is 1.73. The molecular formula is C24H25ClN2O4. The molecule has 1 unspecified atom stereocenters. The predicted octanol–water partition coefficient (Wildman–Crippen LogP) is 3.65. The molecule has 4 rings (SSSR count). The van der Waals surface area contributed by atoms with Gasteiger partial charge >= 0.3 is 0 Å². The zero-order valence-electron chi connectivity index (χ0n) is 17.6. The molecule has 2 aromatic carbocycles. The van der Waals surface area contributed by atoms with Gasteiger partial charge in [0.1, 0.15) is 11.4 Å². The van der Waals surface area contributed by atoms with Gasteiger partial charge in [0.2, 0.25) is 0 Å². The number of hydrogen-bond donors (Lipinski definition) is 1. The summed E-state index contributed by atoms with van der Waals surface area (Å²) in [5, 5.41) is 10.1. The van der Waals surface area contributed by atoms with Crippen LogP contribution in [0.3, 0.4) is 0 Å². The van der Waals surface area contributed by atoms with Crippen LogP contribution in [-0.4, -0.2) is 48.6 Å². The van der Waals surface area contributed by atoms with E-state index in [1.807, 2.05) is 24.0 Å². The zero-order chi connectivity index (χ0) is 22.1. The Bertz CT molecular complexity index is 1070. The maximum absolute atomic E-state index is 13.7. The maximum Gasteiger partial charge on any atom is 0.282 e. The molecule has 2 amide bonds. The molecule has 2 aliphatic rings. The van der Waals surface area contributed by atoms with Crippen LogP contribution in [0.25, 0.3) is 5.57 Å². The first-order valence-electron chi connectivity index (χ1n) is 10.3. The van der Waals surface area contributed by atoms with Gasteiger partial charge in [-0.1, -0.05) is 35.9 Å². The van der Waals surface area contributed by atoms with Crippen molar-refractivity contribution in [1.82, 2.24) is 4.90 Å². The second-order valence-corrected chi connectivity index (χ2v) is 8.37. The lowest BCUT2D eigenvalue weighted by molar-refractivity contribution is -0.120. The van der Waals surface area contributed by atoms with Gasteiger partial charge in [0.15, 0.2) is 0 Å². The average molecular weight is 441 g/mol. The third-order valence-electron chi connectivity index (χ3n) is 5.94. The minimum absolute atomic E-state index is 0.0486. The minimum Gasteiger partial charge on any atom is -0.496 e. The van der Waals surface area contributed by atoms with Crippen LogP contribution in [0.2, 0.25) is 5.02 Å². The second kappa shape index (κ2) is 8.73. The highest BCUT2D eigenvalue weighted by Gasteiger charge is 2.44. The molecule has 1 saturated heterocycles. The zero-order valence-corrected chi connectivity index (χ0v) is 18.4. The summed E-state index contributed by atoms with van der Waals surface area (Å²) in [5.41, 5.74) is 2.50. The molecule has 0 aromatic heterocycles. The van der Waals surface area contributed by atoms with Crippen LogP contribution in [0.5, 0.6) is 5.75 Å². The molecule has 2 aromatic rings. The third kappa shape index (κ3) is 3.82. The Morgan fingerprint density at radius 2 is 1.94 bits per heavy atom. The van der Waals surface area contributed by atoms with Gasteiger partial charge in [0.05, 0.1) is 18.4 Å². The van der Waals surface area contributed by atoms with Crippen molar-refractivity contribution in [3.05, 3.63) is 64.3 Å². The molecule has 1 fully saturated rings. The number of para-hydroxylation sites is 1. The van der Waals surface area contributed by atoms with Crippen molar-refractivity contribution < 1.29 is 19.4 Å². The van der Waals surface area contributed by atoms with Crippen molar-refractivity contribution in [2.75, 3.05) is 31.7 Å². The number of hydrogen-bond acceptors (Lipinski definition) is 5. The normalized spacial score (nSPS) is 19.4. The van der Waals surface area contributed by atoms with Crippen molar-refractivity contribution in [1.29, 1.82) is 0 Å². The average Bonchev–Trinajstić information content (AvgIpc) is 3.05. The van der Waals surface area contributed by atoms with Crippen LogP contribution in [0, 0.1) is 12.8 Å². The Balaban J connectivity index is 1.88. The maximum atomic E-state index is 13.7. The molecule has 2 heterocycles. The van der Waals surface area contributed by atoms with E-state index >= 15 is 0 Å². The van der Waals surface area contributed by atoms with Crippen molar-refractivity contribution >= 4 is 34.7 Å². The van der Waals surface area contributed by atoms with Crippen LogP contribution in [0.4, 0.5) is 5.69 Å². The van der Waals surface area contributed by atoms with E-state index in [0.29, 0.717) is 46.4 Å². The number of aryl methyl sites for hydroxylation is 1. The highest BCUT2D eigenvalue weighted by molar-refractivity contribution is 6.46. The number of carbonyl (C=O) groups is 2. The van der Waals surface area contributed by atoms with Crippen LogP contribution in [0.15, 0.2) is 48.2 Å². The van der Waals surface area contributed by atoms with Crippen molar-refractivity contribution in [2.24, 2.45) is 5.92 Å². The molecule has 1 N–H and O–H groups in total. The van der Waals surface area contributed by atoms with Crippen LogP contribution < -0.4 is 9.64 Å². The van der Waals surface area contributed by atoms with Gasteiger partial charge < -0.3 is 14.7 Å². The van der Waals surface area contributed by atoms with E-state index in [1.165, 1.54) is 4.90 Å². The molecular weight excluding hydrogens is 416 g/mol. The minimum atomic E-state index is -0.402. The molecule has 0 bridgehead atoms. The van der Waals surface area contributed by atoms with Gasteiger partial charge in [-0.05, 0) is 49.4 Å². The molecule has 0 spiro atoms. The smallest absolute Gasteiger partial charge is 0.282 e. The van der Waals surface area contributed by atoms with Gasteiger partial charge in [-0.2, -0.15) is 0 Å². The number of ether oxygens (including phenoxy) is 1. The van der Waals surface area contributed by atoms with Gasteiger partial charge in [-0.3, -0.25) is 9.59 Å². The number of halogens is 1. The van der Waals surface area contributed by atoms with Crippen molar-refractivity contribution in [2.45, 2.75) is 19.8 Å². The van der Waals surface area contributed by atoms with Crippen LogP contribution in [0.1, 0.15) is 24.0 Å². The number of likely N-dealkylation sites (tertiary alicyclic amines) is 1. The van der Waals surface area contributed by atoms with E-state index in [9.17, 15) is 14.7 Å². The molecule has 6 nitrogen and oxygen atoms in total. The summed E-state index contributed by atoms with van der Waals surface area (Å²) in [6, 6.07) is 12.4. The number of benzene rings is 2. The van der Waals surface area contributed by atoms with E-state index in [2.05, 4.69) is 0 Å². The van der Waals surface area contributed by atoms with E-state index in [4.69, 9.17) is 16.3 Å². The number of aliphatic hydroxyl groups excluding tert-OH is 1. The Labute approximate surface area is 186 Å². The highest BCUT2D eigenvalue weighted by Crippen LogP contribution is 2.40. The molecule has 2 aliphatic heterocycles. The number of anilines is 1. The largest absolute Gasteiger partial charge is 0.496 e. The summed E-state index contributed by atoms with van der Waals surface area (Å²) in [5.74, 6) is -0.197. The van der Waals surface area contributed by atoms with E-state index in [-0.39, 0.29) is 18.4 Å². The third-order valence-corrected chi connectivity index (χ3v) is 6.18. The summed E-state index contributed by atoms with van der Waals surface area (Å²) < 4.78 is 5.51. The summed E-state index contributed by atoms with van der Waals surface area (Å²) in [6.45, 7) is 3.06. The number of imide groups is 1. The van der Waals surface area contributed by atoms with E-state index in [1.54, 1.807) is 37.4 Å². The number of carbonyl (C=O) groups excluding carboxylic acids is 2. The standard InChI is InChI=1S/C24H25ClN2O4/c1-15-9-10-17(25)12-19(15)27-23(29)21(18-7-3-4-8-20(18)31-2)22(24(27)30)26-11-5-6-16(13-26)14-28/h3-4,7-10,12,16,28H,5-6,11,13-14H2,1-2H3. The number of aliphatic hydroxyl groups is 1. The fraction of sp³-hybridized carbons (Fsp3) is 0.333. The molecule has 162 valence electrons. The fourth-order valence-electron chi connectivity index (χ4n) is 4.36. The van der Waals surface area contributed by atoms with Gasteiger partial charge in [0.25, 0.3) is 11.8 Å². The lowest BCUT2D eigenvalue weighted by Crippen LogP contribution is -2.40. The molecule has 31 heavy (non-hydrogen) atoms. The monoisotopic (exact) mass is 440 g/mol. The quantitative estimate of drug-likeness (QED) is 0.719. The number of rotatable bonds is 5. The lowest BCUT2D eigenvalue weighted by atomic mass is 9.96. The lowest BCUT2D eigenvalue weighted by Gasteiger charge is -2.34. The Hall–Kier alpha value is -2.83. The van der Waals surface area contributed by atoms with Gasteiger partial charge in [-0.15, -0.1) is 0 Å². The summed E-state index contributed by atoms with van der Waals surface area (Å²) in [4.78, 5) is 30.6. The van der Waals surface area contributed by atoms with Crippen LogP contribution >= 0.6 is 11.6 Å². The van der Waals surface area contributed by atoms with Gasteiger partial charge in [0, 0.05) is 30.3 Å². The SMILES string of the molecule is COc1ccccc1C1=C(N2CCCC(CO)C2)C(=O)N(c2cc(Cl)ccc2C)C1=O. The number of piperidine rings is 1. The summed E-state index contributed by atoms with van der Waals surface area (Å²) >= 11 is 6.19. The summed E-state index contributed by atoms with van der Waals surface area (Å²) in [7, 11) is 1.54. The molecule has 0 radical (unpaired) electrons. The number of methoxy groups -OCH3 is 1. The number of nitrogens with zero attached hydrogens (tertiary/aromatic N) is 2. The molecule has 7 heteroatoms. The molecule has 0 aliphatic carbocycles. The predicted molar refractivity (Wildman–Crippen MR) is 120 cm³/mol. The highest BCUT2D eigenvalue weighted by atomic mass is 35.5. The van der Waals surface area contributed by atoms with Crippen LogP contribution in [-0.2, 0) is 9.59 Å². The van der Waals surface area contributed by atoms with Crippen molar-refractivity contribution in [3.8, 4) is 5.75 Å². The first kappa shape index (κ1) is 21.4. The first-order chi connectivity index (χ1) is 15.0. The Morgan fingerprint density at radius 3 is 2.68 bits per heavy atom. The van der Waals surface area contributed by atoms with E-state index < -0.39 is 5.91 Å². The fourth-order valence-corrected chi connectivity index (χ4v) is 4.53.